The summed E-state index contributed by atoms with van der Waals surface area (Å²) >= 11 is 0. The lowest BCUT2D eigenvalue weighted by atomic mass is 10.0. The van der Waals surface area contributed by atoms with Crippen LogP contribution in [-0.2, 0) is 20.8 Å². The van der Waals surface area contributed by atoms with Gasteiger partial charge in [-0.15, -0.1) is 0 Å². The molecule has 0 atom stereocenters. The molecule has 10 heteroatoms. The second kappa shape index (κ2) is 18.3. The van der Waals surface area contributed by atoms with Gasteiger partial charge in [0.15, 0.2) is 0 Å². The minimum Gasteiger partial charge on any atom is -0.465 e. The summed E-state index contributed by atoms with van der Waals surface area (Å²) in [5, 5.41) is 0. The lowest BCUT2D eigenvalue weighted by molar-refractivity contribution is -0.143. The van der Waals surface area contributed by atoms with E-state index in [1.54, 1.807) is 37.3 Å². The Morgan fingerprint density at radius 3 is 1.78 bits per heavy atom. The first-order chi connectivity index (χ1) is 22.0. The molecule has 0 unspecified atom stereocenters. The SMILES string of the molecule is CCOC(=O)Cn1cc(N(CCCCCCCCCCCCCCN2C(=O)c3ccccc3C2=O)C(=O)OC(C)(C)C)ccc1=O. The molecule has 3 amide bonds. The van der Waals surface area contributed by atoms with Crippen molar-refractivity contribution < 1.29 is 28.7 Å². The molecular weight excluding hydrogens is 586 g/mol. The van der Waals surface area contributed by atoms with Crippen LogP contribution in [0.15, 0.2) is 47.4 Å². The molecule has 1 aliphatic heterocycles. The van der Waals surface area contributed by atoms with Crippen LogP contribution in [0.25, 0.3) is 0 Å². The molecule has 0 N–H and O–H groups in total. The molecule has 1 aromatic carbocycles. The van der Waals surface area contributed by atoms with Crippen molar-refractivity contribution in [3.8, 4) is 0 Å². The van der Waals surface area contributed by atoms with Gasteiger partial charge in [0.1, 0.15) is 12.1 Å². The van der Waals surface area contributed by atoms with Crippen molar-refractivity contribution in [2.75, 3.05) is 24.6 Å². The van der Waals surface area contributed by atoms with Crippen LogP contribution in [0.5, 0.6) is 0 Å². The molecule has 0 saturated heterocycles. The quantitative estimate of drug-likeness (QED) is 0.0914. The average molecular weight is 638 g/mol. The number of hydrogen-bond donors (Lipinski definition) is 0. The Morgan fingerprint density at radius 1 is 0.739 bits per heavy atom. The van der Waals surface area contributed by atoms with E-state index >= 15 is 0 Å². The van der Waals surface area contributed by atoms with Crippen LogP contribution < -0.4 is 10.5 Å². The number of benzene rings is 1. The second-order valence-corrected chi connectivity index (χ2v) is 12.8. The van der Waals surface area contributed by atoms with Crippen molar-refractivity contribution in [1.29, 1.82) is 0 Å². The van der Waals surface area contributed by atoms with Gasteiger partial charge >= 0.3 is 12.1 Å². The molecule has 0 radical (unpaired) electrons. The number of pyridine rings is 1. The van der Waals surface area contributed by atoms with Crippen molar-refractivity contribution >= 4 is 29.6 Å². The zero-order valence-electron chi connectivity index (χ0n) is 28.1. The van der Waals surface area contributed by atoms with Crippen LogP contribution in [0.3, 0.4) is 0 Å². The number of esters is 1. The Labute approximate surface area is 273 Å². The fourth-order valence-corrected chi connectivity index (χ4v) is 5.54. The predicted molar refractivity (Wildman–Crippen MR) is 178 cm³/mol. The van der Waals surface area contributed by atoms with Gasteiger partial charge in [-0.1, -0.05) is 76.3 Å². The highest BCUT2D eigenvalue weighted by Crippen LogP contribution is 2.23. The number of imide groups is 1. The van der Waals surface area contributed by atoms with Gasteiger partial charge in [-0.05, 0) is 58.7 Å². The van der Waals surface area contributed by atoms with Crippen molar-refractivity contribution in [3.63, 3.8) is 0 Å². The summed E-state index contributed by atoms with van der Waals surface area (Å²) in [6.07, 6.45) is 13.9. The van der Waals surface area contributed by atoms with Gasteiger partial charge in [0, 0.05) is 25.4 Å². The summed E-state index contributed by atoms with van der Waals surface area (Å²) in [5.74, 6) is -0.851. The molecule has 2 aromatic rings. The Balaban J connectivity index is 1.29. The van der Waals surface area contributed by atoms with Crippen LogP contribution in [0.4, 0.5) is 10.5 Å². The lowest BCUT2D eigenvalue weighted by Gasteiger charge is -2.27. The minimum absolute atomic E-state index is 0.170. The van der Waals surface area contributed by atoms with Crippen LogP contribution in [0.1, 0.15) is 125 Å². The molecule has 10 nitrogen and oxygen atoms in total. The third kappa shape index (κ3) is 11.4. The summed E-state index contributed by atoms with van der Waals surface area (Å²) in [4.78, 5) is 65.1. The zero-order valence-corrected chi connectivity index (χ0v) is 28.1. The summed E-state index contributed by atoms with van der Waals surface area (Å²) < 4.78 is 11.9. The molecule has 3 rings (SSSR count). The maximum Gasteiger partial charge on any atom is 0.414 e. The first kappa shape index (κ1) is 36.5. The number of anilines is 1. The Kier molecular flexibility index (Phi) is 14.5. The number of rotatable bonds is 19. The van der Waals surface area contributed by atoms with E-state index in [0.29, 0.717) is 29.9 Å². The first-order valence-corrected chi connectivity index (χ1v) is 16.8. The number of nitrogens with zero attached hydrogens (tertiary/aromatic N) is 3. The largest absolute Gasteiger partial charge is 0.465 e. The third-order valence-corrected chi connectivity index (χ3v) is 7.89. The summed E-state index contributed by atoms with van der Waals surface area (Å²) in [5.41, 5.74) is 0.520. The lowest BCUT2D eigenvalue weighted by Crippen LogP contribution is -2.38. The van der Waals surface area contributed by atoms with Crippen molar-refractivity contribution in [1.82, 2.24) is 9.47 Å². The molecule has 0 saturated carbocycles. The number of carbonyl (C=O) groups is 4. The third-order valence-electron chi connectivity index (χ3n) is 7.89. The summed E-state index contributed by atoms with van der Waals surface area (Å²) in [6.45, 7) is 8.08. The molecular formula is C36H51N3O7. The van der Waals surface area contributed by atoms with E-state index in [-0.39, 0.29) is 30.5 Å². The van der Waals surface area contributed by atoms with Gasteiger partial charge in [-0.25, -0.2) is 4.79 Å². The monoisotopic (exact) mass is 637 g/mol. The van der Waals surface area contributed by atoms with Gasteiger partial charge in [0.2, 0.25) is 0 Å². The number of unbranched alkanes of at least 4 members (excludes halogenated alkanes) is 11. The molecule has 46 heavy (non-hydrogen) atoms. The molecule has 0 fully saturated rings. The first-order valence-electron chi connectivity index (χ1n) is 16.8. The van der Waals surface area contributed by atoms with Crippen molar-refractivity contribution in [2.24, 2.45) is 0 Å². The Hall–Kier alpha value is -3.95. The Bertz CT molecular complexity index is 1340. The van der Waals surface area contributed by atoms with Gasteiger partial charge in [0.05, 0.1) is 23.4 Å². The van der Waals surface area contributed by atoms with Crippen molar-refractivity contribution in [2.45, 2.75) is 117 Å². The normalized spacial score (nSPS) is 12.7. The van der Waals surface area contributed by atoms with Crippen LogP contribution >= 0.6 is 0 Å². The second-order valence-electron chi connectivity index (χ2n) is 12.8. The Morgan fingerprint density at radius 2 is 1.26 bits per heavy atom. The van der Waals surface area contributed by atoms with E-state index in [1.165, 1.54) is 52.3 Å². The molecule has 252 valence electrons. The van der Waals surface area contributed by atoms with E-state index < -0.39 is 17.7 Å². The number of carbonyl (C=O) groups excluding carboxylic acids is 4. The molecule has 0 aliphatic carbocycles. The van der Waals surface area contributed by atoms with E-state index in [0.717, 1.165) is 51.4 Å². The number of fused-ring (bicyclic) bond motifs is 1. The fourth-order valence-electron chi connectivity index (χ4n) is 5.54. The number of aromatic nitrogens is 1. The predicted octanol–water partition coefficient (Wildman–Crippen LogP) is 7.13. The minimum atomic E-state index is -0.670. The maximum absolute atomic E-state index is 13.1. The standard InChI is InChI=1S/C36H51N3O7/c1-5-45-32(41)27-37-26-28(22-23-31(37)40)38(35(44)46-36(2,3)4)24-18-14-12-10-8-6-7-9-11-13-15-19-25-39-33(42)29-20-16-17-21-30(29)34(39)43/h16-17,20-23,26H,5-15,18-19,24-25,27H2,1-4H3. The van der Waals surface area contributed by atoms with Gasteiger partial charge in [-0.2, -0.15) is 0 Å². The maximum atomic E-state index is 13.1. The van der Waals surface area contributed by atoms with Gasteiger partial charge in [0.25, 0.3) is 17.4 Å². The van der Waals surface area contributed by atoms with Crippen molar-refractivity contribution in [3.05, 3.63) is 64.1 Å². The highest BCUT2D eigenvalue weighted by Gasteiger charge is 2.34. The van der Waals surface area contributed by atoms with E-state index in [1.807, 2.05) is 20.8 Å². The smallest absolute Gasteiger partial charge is 0.414 e. The number of ether oxygens (including phenoxy) is 2. The van der Waals surface area contributed by atoms with E-state index in [2.05, 4.69) is 0 Å². The number of amides is 3. The van der Waals surface area contributed by atoms with Crippen LogP contribution in [0, 0.1) is 0 Å². The number of hydrogen-bond acceptors (Lipinski definition) is 7. The highest BCUT2D eigenvalue weighted by molar-refractivity contribution is 6.21. The molecule has 0 bridgehead atoms. The van der Waals surface area contributed by atoms with Crippen LogP contribution in [-0.4, -0.2) is 58.6 Å². The zero-order chi connectivity index (χ0) is 33.5. The van der Waals surface area contributed by atoms with E-state index in [9.17, 15) is 24.0 Å². The molecule has 0 spiro atoms. The average Bonchev–Trinajstić information content (AvgIpc) is 3.24. The molecule has 1 aromatic heterocycles. The molecule has 2 heterocycles. The van der Waals surface area contributed by atoms with E-state index in [4.69, 9.17) is 9.47 Å². The highest BCUT2D eigenvalue weighted by atomic mass is 16.6. The summed E-state index contributed by atoms with van der Waals surface area (Å²) in [7, 11) is 0. The van der Waals surface area contributed by atoms with Gasteiger partial charge in [-0.3, -0.25) is 29.0 Å². The van der Waals surface area contributed by atoms with Gasteiger partial charge < -0.3 is 14.0 Å². The van der Waals surface area contributed by atoms with Crippen LogP contribution in [0.2, 0.25) is 0 Å². The topological polar surface area (TPSA) is 115 Å². The summed E-state index contributed by atoms with van der Waals surface area (Å²) in [6, 6.07) is 9.97. The molecule has 1 aliphatic rings. The fraction of sp³-hybridized carbons (Fsp3) is 0.583.